The van der Waals surface area contributed by atoms with Crippen molar-refractivity contribution in [3.05, 3.63) is 29.8 Å². The number of nitrogens with one attached hydrogen (secondary N) is 2. The Labute approximate surface area is 86.5 Å². The van der Waals surface area contributed by atoms with Crippen LogP contribution < -0.4 is 10.6 Å². The third-order valence-electron chi connectivity index (χ3n) is 1.60. The van der Waals surface area contributed by atoms with E-state index < -0.39 is 17.7 Å². The van der Waals surface area contributed by atoms with Crippen LogP contribution in [0.5, 0.6) is 0 Å². The van der Waals surface area contributed by atoms with Crippen LogP contribution in [0.1, 0.15) is 13.8 Å². The van der Waals surface area contributed by atoms with E-state index in [9.17, 15) is 13.6 Å². The standard InChI is InChI=1S/C10H12F2N2O/c1-6(2)13-10(15)14-7-3-4-8(11)9(12)5-7/h3-6H,1-2H3,(H2,13,14,15). The van der Waals surface area contributed by atoms with Gasteiger partial charge in [0.15, 0.2) is 11.6 Å². The number of carbonyl (C=O) groups is 1. The maximum Gasteiger partial charge on any atom is 0.319 e. The minimum atomic E-state index is -0.989. The van der Waals surface area contributed by atoms with Gasteiger partial charge in [0.05, 0.1) is 0 Å². The molecule has 0 atom stereocenters. The van der Waals surface area contributed by atoms with Crippen molar-refractivity contribution in [2.75, 3.05) is 5.32 Å². The number of benzene rings is 1. The van der Waals surface area contributed by atoms with Crippen LogP contribution in [0.4, 0.5) is 19.3 Å². The van der Waals surface area contributed by atoms with E-state index in [1.165, 1.54) is 6.07 Å². The molecule has 0 saturated carbocycles. The molecule has 15 heavy (non-hydrogen) atoms. The van der Waals surface area contributed by atoms with E-state index in [0.29, 0.717) is 0 Å². The average Bonchev–Trinajstić information content (AvgIpc) is 2.10. The average molecular weight is 214 g/mol. The normalized spacial score (nSPS) is 10.2. The van der Waals surface area contributed by atoms with Gasteiger partial charge in [0.1, 0.15) is 0 Å². The molecule has 0 aromatic heterocycles. The Morgan fingerprint density at radius 2 is 1.93 bits per heavy atom. The molecule has 0 radical (unpaired) electrons. The Bertz CT molecular complexity index is 366. The molecular weight excluding hydrogens is 202 g/mol. The highest BCUT2D eigenvalue weighted by Crippen LogP contribution is 2.12. The molecule has 1 rings (SSSR count). The summed E-state index contributed by atoms with van der Waals surface area (Å²) in [5.74, 6) is -1.93. The molecule has 5 heteroatoms. The summed E-state index contributed by atoms with van der Waals surface area (Å²) in [6.07, 6.45) is 0. The molecule has 2 N–H and O–H groups in total. The van der Waals surface area contributed by atoms with Crippen molar-refractivity contribution in [1.82, 2.24) is 5.32 Å². The zero-order chi connectivity index (χ0) is 11.4. The quantitative estimate of drug-likeness (QED) is 0.780. The summed E-state index contributed by atoms with van der Waals surface area (Å²) in [5.41, 5.74) is 0.215. The molecule has 1 aromatic rings. The molecule has 0 heterocycles. The number of hydrogen-bond acceptors (Lipinski definition) is 1. The van der Waals surface area contributed by atoms with Crippen molar-refractivity contribution in [3.8, 4) is 0 Å². The number of halogens is 2. The molecule has 0 bridgehead atoms. The first-order chi connectivity index (χ1) is 6.99. The predicted octanol–water partition coefficient (Wildman–Crippen LogP) is 2.49. The first-order valence-electron chi connectivity index (χ1n) is 4.51. The van der Waals surface area contributed by atoms with Crippen LogP contribution in [0, 0.1) is 11.6 Å². The highest BCUT2D eigenvalue weighted by molar-refractivity contribution is 5.89. The first kappa shape index (κ1) is 11.4. The topological polar surface area (TPSA) is 41.1 Å². The summed E-state index contributed by atoms with van der Waals surface area (Å²) in [5, 5.41) is 4.94. The van der Waals surface area contributed by atoms with Crippen LogP contribution in [0.25, 0.3) is 0 Å². The predicted molar refractivity (Wildman–Crippen MR) is 53.6 cm³/mol. The summed E-state index contributed by atoms with van der Waals surface area (Å²) >= 11 is 0. The number of rotatable bonds is 2. The summed E-state index contributed by atoms with van der Waals surface area (Å²) in [6.45, 7) is 3.59. The highest BCUT2D eigenvalue weighted by Gasteiger charge is 2.06. The molecule has 0 aliphatic carbocycles. The van der Waals surface area contributed by atoms with Gasteiger partial charge in [0.25, 0.3) is 0 Å². The summed E-state index contributed by atoms with van der Waals surface area (Å²) in [4.78, 5) is 11.2. The number of anilines is 1. The van der Waals surface area contributed by atoms with Crippen molar-refractivity contribution in [2.24, 2.45) is 0 Å². The summed E-state index contributed by atoms with van der Waals surface area (Å²) < 4.78 is 25.3. The van der Waals surface area contributed by atoms with Gasteiger partial charge >= 0.3 is 6.03 Å². The van der Waals surface area contributed by atoms with E-state index in [2.05, 4.69) is 10.6 Å². The minimum absolute atomic E-state index is 0.0182. The smallest absolute Gasteiger partial charge is 0.319 e. The molecule has 0 aliphatic heterocycles. The summed E-state index contributed by atoms with van der Waals surface area (Å²) in [6, 6.07) is 2.71. The molecular formula is C10H12F2N2O. The van der Waals surface area contributed by atoms with Gasteiger partial charge in [-0.3, -0.25) is 0 Å². The lowest BCUT2D eigenvalue weighted by Crippen LogP contribution is -2.34. The van der Waals surface area contributed by atoms with Crippen molar-refractivity contribution in [3.63, 3.8) is 0 Å². The Morgan fingerprint density at radius 3 is 2.47 bits per heavy atom. The van der Waals surface area contributed by atoms with Crippen LogP contribution in [0.2, 0.25) is 0 Å². The summed E-state index contributed by atoms with van der Waals surface area (Å²) in [7, 11) is 0. The number of urea groups is 1. The molecule has 0 aliphatic rings. The van der Waals surface area contributed by atoms with Crippen molar-refractivity contribution in [1.29, 1.82) is 0 Å². The fourth-order valence-corrected chi connectivity index (χ4v) is 1.00. The molecule has 2 amide bonds. The van der Waals surface area contributed by atoms with Gasteiger partial charge < -0.3 is 10.6 Å². The van der Waals surface area contributed by atoms with E-state index in [-0.39, 0.29) is 11.7 Å². The highest BCUT2D eigenvalue weighted by atomic mass is 19.2. The van der Waals surface area contributed by atoms with Crippen LogP contribution >= 0.6 is 0 Å². The van der Waals surface area contributed by atoms with Crippen LogP contribution in [0.3, 0.4) is 0 Å². The van der Waals surface area contributed by atoms with Crippen molar-refractivity contribution in [2.45, 2.75) is 19.9 Å². The van der Waals surface area contributed by atoms with Crippen molar-refractivity contribution < 1.29 is 13.6 Å². The third-order valence-corrected chi connectivity index (χ3v) is 1.60. The maximum absolute atomic E-state index is 12.7. The molecule has 3 nitrogen and oxygen atoms in total. The lowest BCUT2D eigenvalue weighted by molar-refractivity contribution is 0.250. The van der Waals surface area contributed by atoms with E-state index in [1.807, 2.05) is 0 Å². The molecule has 0 spiro atoms. The monoisotopic (exact) mass is 214 g/mol. The Kier molecular flexibility index (Phi) is 3.60. The Balaban J connectivity index is 2.65. The first-order valence-corrected chi connectivity index (χ1v) is 4.51. The zero-order valence-electron chi connectivity index (χ0n) is 8.47. The van der Waals surface area contributed by atoms with E-state index in [4.69, 9.17) is 0 Å². The fourth-order valence-electron chi connectivity index (χ4n) is 1.00. The van der Waals surface area contributed by atoms with Gasteiger partial charge in [0, 0.05) is 17.8 Å². The number of amides is 2. The largest absolute Gasteiger partial charge is 0.336 e. The lowest BCUT2D eigenvalue weighted by atomic mass is 10.3. The Hall–Kier alpha value is -1.65. The second kappa shape index (κ2) is 4.72. The van der Waals surface area contributed by atoms with Gasteiger partial charge in [-0.25, -0.2) is 13.6 Å². The molecule has 0 saturated heterocycles. The number of hydrogen-bond donors (Lipinski definition) is 2. The molecule has 1 aromatic carbocycles. The van der Waals surface area contributed by atoms with E-state index in [0.717, 1.165) is 12.1 Å². The second-order valence-electron chi connectivity index (χ2n) is 3.38. The van der Waals surface area contributed by atoms with Crippen LogP contribution in [-0.4, -0.2) is 12.1 Å². The Morgan fingerprint density at radius 1 is 1.27 bits per heavy atom. The number of carbonyl (C=O) groups excluding carboxylic acids is 1. The maximum atomic E-state index is 12.7. The van der Waals surface area contributed by atoms with Gasteiger partial charge in [-0.05, 0) is 26.0 Å². The second-order valence-corrected chi connectivity index (χ2v) is 3.38. The SMILES string of the molecule is CC(C)NC(=O)Nc1ccc(F)c(F)c1. The van der Waals surface area contributed by atoms with Crippen LogP contribution in [0.15, 0.2) is 18.2 Å². The zero-order valence-corrected chi connectivity index (χ0v) is 8.47. The minimum Gasteiger partial charge on any atom is -0.336 e. The molecule has 0 fully saturated rings. The van der Waals surface area contributed by atoms with Crippen LogP contribution in [-0.2, 0) is 0 Å². The van der Waals surface area contributed by atoms with E-state index >= 15 is 0 Å². The van der Waals surface area contributed by atoms with Gasteiger partial charge in [-0.2, -0.15) is 0 Å². The molecule has 0 unspecified atom stereocenters. The van der Waals surface area contributed by atoms with Gasteiger partial charge in [-0.15, -0.1) is 0 Å². The van der Waals surface area contributed by atoms with Gasteiger partial charge in [0.2, 0.25) is 0 Å². The fraction of sp³-hybridized carbons (Fsp3) is 0.300. The van der Waals surface area contributed by atoms with Gasteiger partial charge in [-0.1, -0.05) is 0 Å². The molecule has 82 valence electrons. The third kappa shape index (κ3) is 3.53. The van der Waals surface area contributed by atoms with Crippen molar-refractivity contribution >= 4 is 11.7 Å². The lowest BCUT2D eigenvalue weighted by Gasteiger charge is -2.09. The van der Waals surface area contributed by atoms with E-state index in [1.54, 1.807) is 13.8 Å².